The lowest BCUT2D eigenvalue weighted by Gasteiger charge is -2.03. The highest BCUT2D eigenvalue weighted by molar-refractivity contribution is 5.81. The predicted octanol–water partition coefficient (Wildman–Crippen LogP) is 2.95. The van der Waals surface area contributed by atoms with Crippen LogP contribution in [-0.4, -0.2) is 22.3 Å². The largest absolute Gasteiger partial charge is 0.479 e. The highest BCUT2D eigenvalue weighted by Gasteiger charge is 2.12. The van der Waals surface area contributed by atoms with Crippen molar-refractivity contribution in [1.82, 2.24) is 0 Å². The number of hydrogen-bond acceptors (Lipinski definition) is 2. The van der Waals surface area contributed by atoms with Crippen molar-refractivity contribution >= 4 is 16.7 Å². The Bertz CT molecular complexity index is 663. The van der Waals surface area contributed by atoms with Gasteiger partial charge in [0.05, 0.1) is 0 Å². The van der Waals surface area contributed by atoms with Crippen LogP contribution in [-0.2, 0) is 11.2 Å². The lowest BCUT2D eigenvalue weighted by molar-refractivity contribution is -0.146. The number of carbonyl (C=O) groups is 1. The quantitative estimate of drug-likeness (QED) is 0.899. The van der Waals surface area contributed by atoms with Crippen molar-refractivity contribution in [1.29, 1.82) is 0 Å². The molecule has 0 aliphatic heterocycles. The van der Waals surface area contributed by atoms with Gasteiger partial charge in [0.15, 0.2) is 6.10 Å². The lowest BCUT2D eigenvalue weighted by Crippen LogP contribution is -2.21. The molecule has 0 aromatic heterocycles. The normalized spacial score (nSPS) is 11.7. The molecule has 1 atom stereocenters. The molecule has 0 amide bonds. The summed E-state index contributed by atoms with van der Waals surface area (Å²) in [6.45, 7) is 0. The van der Waals surface area contributed by atoms with Crippen LogP contribution in [0.3, 0.4) is 0 Å². The van der Waals surface area contributed by atoms with Gasteiger partial charge in [-0.15, -0.1) is 0 Å². The molecule has 2 rings (SSSR count). The van der Waals surface area contributed by atoms with Crippen LogP contribution < -0.4 is 0 Å². The maximum absolute atomic E-state index is 10.7. The Hall–Kier alpha value is -2.39. The van der Waals surface area contributed by atoms with Crippen molar-refractivity contribution in [3.05, 3.63) is 72.3 Å². The number of benzene rings is 1. The van der Waals surface area contributed by atoms with Crippen LogP contribution in [0.2, 0.25) is 0 Å². The molecule has 3 heteroatoms. The third kappa shape index (κ3) is 3.80. The fourth-order valence-electron chi connectivity index (χ4n) is 1.93. The van der Waals surface area contributed by atoms with E-state index in [0.717, 1.165) is 16.3 Å². The second-order valence-corrected chi connectivity index (χ2v) is 4.51. The predicted molar refractivity (Wildman–Crippen MR) is 78.9 cm³/mol. The molecule has 0 fully saturated rings. The molecule has 2 aromatic carbocycles. The summed E-state index contributed by atoms with van der Waals surface area (Å²) < 4.78 is 0. The van der Waals surface area contributed by atoms with Gasteiger partial charge in [-0.2, -0.15) is 0 Å². The maximum atomic E-state index is 10.7. The van der Waals surface area contributed by atoms with Gasteiger partial charge < -0.3 is 10.2 Å². The van der Waals surface area contributed by atoms with Crippen LogP contribution in [0.15, 0.2) is 66.7 Å². The smallest absolute Gasteiger partial charge is 0.332 e. The van der Waals surface area contributed by atoms with Crippen molar-refractivity contribution in [2.45, 2.75) is 12.5 Å². The van der Waals surface area contributed by atoms with Gasteiger partial charge in [0.1, 0.15) is 0 Å². The van der Waals surface area contributed by atoms with Crippen molar-refractivity contribution < 1.29 is 15.0 Å². The number of aliphatic hydroxyl groups excluding tert-OH is 1. The van der Waals surface area contributed by atoms with E-state index in [1.807, 2.05) is 60.7 Å². The van der Waals surface area contributed by atoms with E-state index in [0.29, 0.717) is 0 Å². The van der Waals surface area contributed by atoms with Crippen molar-refractivity contribution in [3.8, 4) is 0 Å². The Morgan fingerprint density at radius 3 is 1.85 bits per heavy atom. The van der Waals surface area contributed by atoms with Gasteiger partial charge in [-0.05, 0) is 16.3 Å². The van der Waals surface area contributed by atoms with Gasteiger partial charge in [0.2, 0.25) is 0 Å². The number of hydrogen-bond donors (Lipinski definition) is 2. The van der Waals surface area contributed by atoms with Gasteiger partial charge >= 0.3 is 5.97 Å². The van der Waals surface area contributed by atoms with E-state index in [1.165, 1.54) is 0 Å². The average molecular weight is 268 g/mol. The minimum Gasteiger partial charge on any atom is -0.479 e. The van der Waals surface area contributed by atoms with Crippen molar-refractivity contribution in [3.63, 3.8) is 0 Å². The van der Waals surface area contributed by atoms with E-state index in [-0.39, 0.29) is 6.42 Å². The zero-order chi connectivity index (χ0) is 14.4. The zero-order valence-electron chi connectivity index (χ0n) is 10.9. The molecule has 0 heterocycles. The molecule has 0 bridgehead atoms. The molecule has 1 unspecified atom stereocenters. The third-order valence-corrected chi connectivity index (χ3v) is 2.99. The molecule has 3 nitrogen and oxygen atoms in total. The first kappa shape index (κ1) is 14.0. The SMILES string of the molecule is O=C(O)C(O)Cc1ccccc2ccccc2ccc1. The lowest BCUT2D eigenvalue weighted by atomic mass is 10.1. The minimum atomic E-state index is -1.38. The topological polar surface area (TPSA) is 57.5 Å². The summed E-state index contributed by atoms with van der Waals surface area (Å²) in [5, 5.41) is 20.4. The second kappa shape index (κ2) is 6.68. The molecule has 0 saturated carbocycles. The summed E-state index contributed by atoms with van der Waals surface area (Å²) in [7, 11) is 0. The fourth-order valence-corrected chi connectivity index (χ4v) is 1.93. The molecule has 0 spiro atoms. The number of aliphatic hydroxyl groups is 1. The highest BCUT2D eigenvalue weighted by atomic mass is 16.4. The van der Waals surface area contributed by atoms with Crippen molar-refractivity contribution in [2.24, 2.45) is 0 Å². The molecular formula is C17H16O3. The Morgan fingerprint density at radius 2 is 1.30 bits per heavy atom. The third-order valence-electron chi connectivity index (χ3n) is 2.99. The monoisotopic (exact) mass is 268 g/mol. The Kier molecular flexibility index (Phi) is 4.69. The van der Waals surface area contributed by atoms with Gasteiger partial charge in [-0.3, -0.25) is 0 Å². The minimum absolute atomic E-state index is 0.0889. The van der Waals surface area contributed by atoms with E-state index in [2.05, 4.69) is 0 Å². The average Bonchev–Trinajstić information content (AvgIpc) is 2.44. The van der Waals surface area contributed by atoms with E-state index in [9.17, 15) is 9.90 Å². The van der Waals surface area contributed by atoms with Gasteiger partial charge in [-0.1, -0.05) is 66.7 Å². The summed E-state index contributed by atoms with van der Waals surface area (Å²) in [4.78, 5) is 10.7. The molecule has 0 radical (unpaired) electrons. The van der Waals surface area contributed by atoms with E-state index < -0.39 is 12.1 Å². The van der Waals surface area contributed by atoms with Crippen LogP contribution in [0, 0.1) is 0 Å². The molecule has 2 N–H and O–H groups in total. The molecule has 0 aliphatic rings. The van der Waals surface area contributed by atoms with Crippen LogP contribution in [0.25, 0.3) is 10.8 Å². The number of rotatable bonds is 3. The first-order valence-electron chi connectivity index (χ1n) is 6.39. The Balaban J connectivity index is 2.42. The Labute approximate surface area is 117 Å². The molecular weight excluding hydrogens is 252 g/mol. The van der Waals surface area contributed by atoms with Crippen LogP contribution in [0.4, 0.5) is 0 Å². The molecule has 2 aromatic rings. The Morgan fingerprint density at radius 1 is 0.850 bits per heavy atom. The molecule has 102 valence electrons. The van der Waals surface area contributed by atoms with Gasteiger partial charge in [0.25, 0.3) is 0 Å². The summed E-state index contributed by atoms with van der Waals surface area (Å²) in [5.41, 5.74) is 0.764. The second-order valence-electron chi connectivity index (χ2n) is 4.51. The standard InChI is InChI=1S/C17H16O3/c18-16(17(19)20)12-13-6-1-2-8-14-9-3-4-10-15(14)11-5-7-13/h1-11,16,18H,12H2,(H,19,20). The summed E-state index contributed by atoms with van der Waals surface area (Å²) in [6.07, 6.45) is -1.29. The van der Waals surface area contributed by atoms with E-state index in [4.69, 9.17) is 5.11 Å². The number of aliphatic carboxylic acids is 1. The number of carboxylic acid groups (broad SMARTS) is 1. The van der Waals surface area contributed by atoms with Crippen LogP contribution in [0.5, 0.6) is 0 Å². The highest BCUT2D eigenvalue weighted by Crippen LogP contribution is 2.10. The maximum Gasteiger partial charge on any atom is 0.332 e. The summed E-state index contributed by atoms with van der Waals surface area (Å²) in [5.74, 6) is -1.21. The van der Waals surface area contributed by atoms with Crippen molar-refractivity contribution in [2.75, 3.05) is 0 Å². The first-order chi connectivity index (χ1) is 9.66. The molecule has 0 aliphatic carbocycles. The van der Waals surface area contributed by atoms with Gasteiger partial charge in [0, 0.05) is 6.42 Å². The summed E-state index contributed by atoms with van der Waals surface area (Å²) in [6, 6.07) is 21.2. The summed E-state index contributed by atoms with van der Waals surface area (Å²) >= 11 is 0. The molecule has 0 saturated heterocycles. The fraction of sp³-hybridized carbons (Fsp3) is 0.118. The number of carboxylic acids is 1. The van der Waals surface area contributed by atoms with E-state index in [1.54, 1.807) is 6.07 Å². The van der Waals surface area contributed by atoms with Gasteiger partial charge in [-0.25, -0.2) is 4.79 Å². The zero-order valence-corrected chi connectivity index (χ0v) is 10.9. The van der Waals surface area contributed by atoms with Crippen LogP contribution in [0.1, 0.15) is 5.56 Å². The first-order valence-corrected chi connectivity index (χ1v) is 6.39. The van der Waals surface area contributed by atoms with Crippen LogP contribution >= 0.6 is 0 Å². The number of fused-ring (bicyclic) bond motifs is 1. The van der Waals surface area contributed by atoms with E-state index >= 15 is 0 Å². The molecule has 20 heavy (non-hydrogen) atoms.